The highest BCUT2D eigenvalue weighted by Crippen LogP contribution is 2.28. The first-order chi connectivity index (χ1) is 11.6. The normalized spacial score (nSPS) is 14.0. The van der Waals surface area contributed by atoms with Crippen molar-refractivity contribution in [2.24, 2.45) is 0 Å². The van der Waals surface area contributed by atoms with E-state index < -0.39 is 17.5 Å². The number of benzene rings is 2. The van der Waals surface area contributed by atoms with Gasteiger partial charge >= 0.3 is 0 Å². The second kappa shape index (κ2) is 7.96. The third-order valence-electron chi connectivity index (χ3n) is 3.89. The second-order valence-corrected chi connectivity index (χ2v) is 8.05. The van der Waals surface area contributed by atoms with Crippen LogP contribution < -0.4 is 5.32 Å². The van der Waals surface area contributed by atoms with Gasteiger partial charge in [-0.2, -0.15) is 0 Å². The Hall–Kier alpha value is -1.26. The molecule has 0 aliphatic heterocycles. The summed E-state index contributed by atoms with van der Waals surface area (Å²) >= 11 is 18.0. The smallest absolute Gasteiger partial charge is 0.254 e. The zero-order chi connectivity index (χ0) is 18.8. The minimum absolute atomic E-state index is 0.00193. The number of carbonyl (C=O) groups excluding carboxylic acids is 1. The van der Waals surface area contributed by atoms with E-state index in [0.717, 1.165) is 5.56 Å². The lowest BCUT2D eigenvalue weighted by atomic mass is 9.86. The molecular formula is C19H20Cl3NO2. The summed E-state index contributed by atoms with van der Waals surface area (Å²) < 4.78 is 0. The van der Waals surface area contributed by atoms with Crippen LogP contribution in [0.25, 0.3) is 0 Å². The molecule has 0 aliphatic rings. The number of hydrogen-bond donors (Lipinski definition) is 2. The van der Waals surface area contributed by atoms with Crippen molar-refractivity contribution in [1.82, 2.24) is 5.32 Å². The molecule has 2 aromatic rings. The molecule has 0 bridgehead atoms. The number of aliphatic hydroxyl groups excluding tert-OH is 1. The van der Waals surface area contributed by atoms with E-state index in [2.05, 4.69) is 26.1 Å². The van der Waals surface area contributed by atoms with Crippen LogP contribution in [0.3, 0.4) is 0 Å². The Labute approximate surface area is 162 Å². The molecule has 0 heterocycles. The number of aliphatic hydroxyl groups is 1. The van der Waals surface area contributed by atoms with Gasteiger partial charge in [0.25, 0.3) is 5.91 Å². The van der Waals surface area contributed by atoms with Crippen LogP contribution in [0.2, 0.25) is 10.0 Å². The lowest BCUT2D eigenvalue weighted by Crippen LogP contribution is -2.34. The van der Waals surface area contributed by atoms with Gasteiger partial charge in [0, 0.05) is 0 Å². The Kier molecular flexibility index (Phi) is 6.39. The van der Waals surface area contributed by atoms with E-state index in [1.165, 1.54) is 0 Å². The first kappa shape index (κ1) is 20.1. The first-order valence-electron chi connectivity index (χ1n) is 7.78. The molecule has 2 N–H and O–H groups in total. The van der Waals surface area contributed by atoms with Gasteiger partial charge in [-0.1, -0.05) is 85.9 Å². The van der Waals surface area contributed by atoms with Crippen molar-refractivity contribution in [3.63, 3.8) is 0 Å². The van der Waals surface area contributed by atoms with Gasteiger partial charge in [0.15, 0.2) is 5.56 Å². The van der Waals surface area contributed by atoms with Crippen molar-refractivity contribution in [2.75, 3.05) is 0 Å². The predicted molar refractivity (Wildman–Crippen MR) is 104 cm³/mol. The molecule has 134 valence electrons. The maximum Gasteiger partial charge on any atom is 0.254 e. The van der Waals surface area contributed by atoms with E-state index in [0.29, 0.717) is 5.56 Å². The predicted octanol–water partition coefficient (Wildman–Crippen LogP) is 5.32. The molecule has 2 atom stereocenters. The van der Waals surface area contributed by atoms with Gasteiger partial charge in [-0.05, 0) is 28.7 Å². The maximum atomic E-state index is 12.6. The molecule has 25 heavy (non-hydrogen) atoms. The minimum atomic E-state index is -1.30. The summed E-state index contributed by atoms with van der Waals surface area (Å²) in [5.41, 5.74) is 0.679. The first-order valence-corrected chi connectivity index (χ1v) is 8.98. The summed E-state index contributed by atoms with van der Waals surface area (Å²) in [6.45, 7) is 6.32. The molecule has 1 amide bonds. The molecule has 2 rings (SSSR count). The molecule has 2 aromatic carbocycles. The van der Waals surface area contributed by atoms with Gasteiger partial charge < -0.3 is 10.4 Å². The van der Waals surface area contributed by atoms with Gasteiger partial charge in [-0.15, -0.1) is 0 Å². The van der Waals surface area contributed by atoms with Gasteiger partial charge in [0.2, 0.25) is 0 Å². The number of hydrogen-bond acceptors (Lipinski definition) is 2. The van der Waals surface area contributed by atoms with Gasteiger partial charge in [-0.25, -0.2) is 0 Å². The van der Waals surface area contributed by atoms with Crippen LogP contribution >= 0.6 is 34.8 Å². The molecule has 0 radical (unpaired) electrons. The second-order valence-electron chi connectivity index (χ2n) is 6.79. The Morgan fingerprint density at radius 3 is 2.00 bits per heavy atom. The highest BCUT2D eigenvalue weighted by molar-refractivity contribution is 6.39. The average molecular weight is 401 g/mol. The highest BCUT2D eigenvalue weighted by Gasteiger charge is 2.25. The highest BCUT2D eigenvalue weighted by atomic mass is 35.5. The van der Waals surface area contributed by atoms with E-state index >= 15 is 0 Å². The zero-order valence-corrected chi connectivity index (χ0v) is 16.5. The SMILES string of the molecule is CC(C)(C)c1ccc(C(NC(=O)c2c(Cl)cccc2Cl)C(O)Cl)cc1. The zero-order valence-electron chi connectivity index (χ0n) is 14.2. The van der Waals surface area contributed by atoms with Crippen molar-refractivity contribution in [1.29, 1.82) is 0 Å². The van der Waals surface area contributed by atoms with E-state index in [9.17, 15) is 9.90 Å². The van der Waals surface area contributed by atoms with Gasteiger partial charge in [-0.3, -0.25) is 4.79 Å². The quantitative estimate of drug-likeness (QED) is 0.682. The Morgan fingerprint density at radius 1 is 1.04 bits per heavy atom. The number of alkyl halides is 1. The summed E-state index contributed by atoms with van der Waals surface area (Å²) in [6.07, 6.45) is 0. The van der Waals surface area contributed by atoms with Crippen molar-refractivity contribution < 1.29 is 9.90 Å². The molecule has 2 unspecified atom stereocenters. The number of nitrogens with one attached hydrogen (secondary N) is 1. The van der Waals surface area contributed by atoms with Crippen LogP contribution in [0.5, 0.6) is 0 Å². The third kappa shape index (κ3) is 4.89. The van der Waals surface area contributed by atoms with Gasteiger partial charge in [0.05, 0.1) is 21.7 Å². The fourth-order valence-corrected chi connectivity index (χ4v) is 3.21. The maximum absolute atomic E-state index is 12.6. The van der Waals surface area contributed by atoms with E-state index in [4.69, 9.17) is 34.8 Å². The molecule has 0 spiro atoms. The topological polar surface area (TPSA) is 49.3 Å². The molecule has 6 heteroatoms. The van der Waals surface area contributed by atoms with Crippen molar-refractivity contribution in [3.8, 4) is 0 Å². The number of rotatable bonds is 4. The van der Waals surface area contributed by atoms with Crippen LogP contribution in [0.15, 0.2) is 42.5 Å². The van der Waals surface area contributed by atoms with Crippen LogP contribution in [0.4, 0.5) is 0 Å². The average Bonchev–Trinajstić information content (AvgIpc) is 2.51. The fourth-order valence-electron chi connectivity index (χ4n) is 2.43. The van der Waals surface area contributed by atoms with Crippen LogP contribution in [0.1, 0.15) is 48.3 Å². The minimum Gasteiger partial charge on any atom is -0.375 e. The number of carbonyl (C=O) groups is 1. The lowest BCUT2D eigenvalue weighted by molar-refractivity contribution is 0.0902. The van der Waals surface area contributed by atoms with E-state index in [-0.39, 0.29) is 21.0 Å². The van der Waals surface area contributed by atoms with E-state index in [1.807, 2.05) is 24.3 Å². The molecule has 0 fully saturated rings. The molecule has 0 saturated heterocycles. The third-order valence-corrected chi connectivity index (χ3v) is 4.77. The summed E-state index contributed by atoms with van der Waals surface area (Å²) in [4.78, 5) is 12.6. The summed E-state index contributed by atoms with van der Waals surface area (Å²) in [5, 5.41) is 13.1. The Morgan fingerprint density at radius 2 is 1.56 bits per heavy atom. The van der Waals surface area contributed by atoms with E-state index in [1.54, 1.807) is 18.2 Å². The van der Waals surface area contributed by atoms with Crippen molar-refractivity contribution in [2.45, 2.75) is 37.8 Å². The number of amides is 1. The molecule has 3 nitrogen and oxygen atoms in total. The number of halogens is 3. The summed E-state index contributed by atoms with van der Waals surface area (Å²) in [6, 6.07) is 11.6. The summed E-state index contributed by atoms with van der Waals surface area (Å²) in [7, 11) is 0. The van der Waals surface area contributed by atoms with Crippen molar-refractivity contribution >= 4 is 40.7 Å². The Balaban J connectivity index is 2.29. The van der Waals surface area contributed by atoms with Crippen LogP contribution in [-0.2, 0) is 5.41 Å². The van der Waals surface area contributed by atoms with Crippen LogP contribution in [0, 0.1) is 0 Å². The van der Waals surface area contributed by atoms with Crippen LogP contribution in [-0.4, -0.2) is 16.6 Å². The molecule has 0 aromatic heterocycles. The standard InChI is InChI=1S/C19H20Cl3NO2/c1-19(2,3)12-9-7-11(8-10-12)16(17(22)24)23-18(25)15-13(20)5-4-6-14(15)21/h4-10,16-17,24H,1-3H3,(H,23,25). The molecular weight excluding hydrogens is 381 g/mol. The summed E-state index contributed by atoms with van der Waals surface area (Å²) in [5.74, 6) is -0.500. The van der Waals surface area contributed by atoms with Gasteiger partial charge in [0.1, 0.15) is 0 Å². The fraction of sp³-hybridized carbons (Fsp3) is 0.316. The monoisotopic (exact) mass is 399 g/mol. The molecule has 0 aliphatic carbocycles. The molecule has 0 saturated carbocycles. The Bertz CT molecular complexity index is 732. The van der Waals surface area contributed by atoms with Crippen molar-refractivity contribution in [3.05, 3.63) is 69.2 Å². The lowest BCUT2D eigenvalue weighted by Gasteiger charge is -2.23. The largest absolute Gasteiger partial charge is 0.375 e.